The molecule has 0 radical (unpaired) electrons. The van der Waals surface area contributed by atoms with Gasteiger partial charge >= 0.3 is 0 Å². The van der Waals surface area contributed by atoms with Crippen molar-refractivity contribution in [3.8, 4) is 0 Å². The molecule has 1 aromatic carbocycles. The Morgan fingerprint density at radius 1 is 1.12 bits per heavy atom. The zero-order valence-electron chi connectivity index (χ0n) is 10.2. The molecule has 2 atom stereocenters. The highest BCUT2D eigenvalue weighted by Gasteiger charge is 2.21. The van der Waals surface area contributed by atoms with Gasteiger partial charge in [-0.15, -0.1) is 0 Å². The van der Waals surface area contributed by atoms with Crippen LogP contribution in [0, 0.1) is 11.6 Å². The first-order valence-corrected chi connectivity index (χ1v) is 6.33. The first kappa shape index (κ1) is 12.5. The molecule has 2 unspecified atom stereocenters. The van der Waals surface area contributed by atoms with E-state index in [1.165, 1.54) is 31.4 Å². The van der Waals surface area contributed by atoms with E-state index in [0.29, 0.717) is 12.0 Å². The summed E-state index contributed by atoms with van der Waals surface area (Å²) >= 11 is 0. The normalized spacial score (nSPS) is 25.6. The Bertz CT molecular complexity index is 378. The predicted molar refractivity (Wildman–Crippen MR) is 65.0 cm³/mol. The Kier molecular flexibility index (Phi) is 4.11. The van der Waals surface area contributed by atoms with Gasteiger partial charge < -0.3 is 5.32 Å². The molecule has 0 spiro atoms. The van der Waals surface area contributed by atoms with Crippen LogP contribution in [0.1, 0.15) is 43.6 Å². The molecule has 2 rings (SSSR count). The lowest BCUT2D eigenvalue weighted by Gasteiger charge is -2.20. The smallest absolute Gasteiger partial charge is 0.159 e. The molecule has 0 aliphatic heterocycles. The van der Waals surface area contributed by atoms with Crippen molar-refractivity contribution in [1.29, 1.82) is 0 Å². The van der Waals surface area contributed by atoms with Crippen molar-refractivity contribution >= 4 is 0 Å². The van der Waals surface area contributed by atoms with Crippen LogP contribution in [0.2, 0.25) is 0 Å². The van der Waals surface area contributed by atoms with Crippen molar-refractivity contribution < 1.29 is 8.78 Å². The summed E-state index contributed by atoms with van der Waals surface area (Å²) < 4.78 is 26.1. The zero-order chi connectivity index (χ0) is 12.3. The van der Waals surface area contributed by atoms with E-state index in [9.17, 15) is 8.78 Å². The highest BCUT2D eigenvalue weighted by atomic mass is 19.2. The van der Waals surface area contributed by atoms with Gasteiger partial charge in [-0.05, 0) is 49.9 Å². The molecule has 0 heterocycles. The summed E-state index contributed by atoms with van der Waals surface area (Å²) in [5.74, 6) is -1.13. The summed E-state index contributed by atoms with van der Waals surface area (Å²) in [5.41, 5.74) is 0.936. The van der Waals surface area contributed by atoms with Gasteiger partial charge in [-0.25, -0.2) is 8.78 Å². The second-order valence-corrected chi connectivity index (χ2v) is 4.88. The van der Waals surface area contributed by atoms with Crippen molar-refractivity contribution in [3.63, 3.8) is 0 Å². The van der Waals surface area contributed by atoms with Crippen LogP contribution in [-0.4, -0.2) is 13.1 Å². The summed E-state index contributed by atoms with van der Waals surface area (Å²) in [6.07, 6.45) is 5.65. The second-order valence-electron chi connectivity index (χ2n) is 4.88. The van der Waals surface area contributed by atoms with E-state index < -0.39 is 11.6 Å². The van der Waals surface area contributed by atoms with Crippen molar-refractivity contribution in [2.24, 2.45) is 0 Å². The molecule has 3 heteroatoms. The van der Waals surface area contributed by atoms with Gasteiger partial charge in [0.15, 0.2) is 11.6 Å². The Morgan fingerprint density at radius 2 is 1.88 bits per heavy atom. The van der Waals surface area contributed by atoms with Crippen LogP contribution < -0.4 is 5.32 Å². The fraction of sp³-hybridized carbons (Fsp3) is 0.571. The Morgan fingerprint density at radius 3 is 2.59 bits per heavy atom. The summed E-state index contributed by atoms with van der Waals surface area (Å²) in [7, 11) is 1.97. The Balaban J connectivity index is 2.16. The molecule has 1 nitrogen and oxygen atoms in total. The van der Waals surface area contributed by atoms with Crippen LogP contribution in [0.5, 0.6) is 0 Å². The minimum atomic E-state index is -0.757. The average molecular weight is 239 g/mol. The van der Waals surface area contributed by atoms with Crippen molar-refractivity contribution in [1.82, 2.24) is 5.32 Å². The third-order valence-electron chi connectivity index (χ3n) is 3.75. The maximum absolute atomic E-state index is 13.2. The van der Waals surface area contributed by atoms with Gasteiger partial charge in [-0.3, -0.25) is 0 Å². The topological polar surface area (TPSA) is 12.0 Å². The fourth-order valence-corrected chi connectivity index (χ4v) is 2.69. The molecule has 0 amide bonds. The summed E-state index contributed by atoms with van der Waals surface area (Å²) in [6.45, 7) is 0. The monoisotopic (exact) mass is 239 g/mol. The van der Waals surface area contributed by atoms with Crippen LogP contribution in [0.15, 0.2) is 18.2 Å². The van der Waals surface area contributed by atoms with Crippen molar-refractivity contribution in [2.75, 3.05) is 7.05 Å². The summed E-state index contributed by atoms with van der Waals surface area (Å²) in [5, 5.41) is 3.30. The molecule has 94 valence electrons. The Labute approximate surface area is 101 Å². The third-order valence-corrected chi connectivity index (χ3v) is 3.75. The fourth-order valence-electron chi connectivity index (χ4n) is 2.69. The average Bonchev–Trinajstić information content (AvgIpc) is 2.58. The molecule has 0 saturated heterocycles. The van der Waals surface area contributed by atoms with Gasteiger partial charge in [0.1, 0.15) is 0 Å². The number of rotatable bonds is 2. The molecule has 1 aliphatic rings. The van der Waals surface area contributed by atoms with Gasteiger partial charge in [0.2, 0.25) is 0 Å². The molecule has 1 saturated carbocycles. The molecule has 1 aliphatic carbocycles. The van der Waals surface area contributed by atoms with E-state index in [1.807, 2.05) is 7.05 Å². The number of hydrogen-bond acceptors (Lipinski definition) is 1. The van der Waals surface area contributed by atoms with Crippen LogP contribution in [-0.2, 0) is 0 Å². The van der Waals surface area contributed by atoms with Crippen molar-refractivity contribution in [3.05, 3.63) is 35.4 Å². The van der Waals surface area contributed by atoms with E-state index in [-0.39, 0.29) is 0 Å². The van der Waals surface area contributed by atoms with Crippen LogP contribution >= 0.6 is 0 Å². The lowest BCUT2D eigenvalue weighted by atomic mass is 9.90. The van der Waals surface area contributed by atoms with E-state index >= 15 is 0 Å². The van der Waals surface area contributed by atoms with Crippen molar-refractivity contribution in [2.45, 2.75) is 44.1 Å². The van der Waals surface area contributed by atoms with Gasteiger partial charge in [0.05, 0.1) is 0 Å². The first-order chi connectivity index (χ1) is 8.20. The van der Waals surface area contributed by atoms with E-state index in [0.717, 1.165) is 18.4 Å². The molecule has 0 bridgehead atoms. The van der Waals surface area contributed by atoms with E-state index in [4.69, 9.17) is 0 Å². The van der Waals surface area contributed by atoms with Gasteiger partial charge in [-0.2, -0.15) is 0 Å². The van der Waals surface area contributed by atoms with Gasteiger partial charge in [-0.1, -0.05) is 18.9 Å². The van der Waals surface area contributed by atoms with Crippen LogP contribution in [0.4, 0.5) is 8.78 Å². The number of halogens is 2. The minimum Gasteiger partial charge on any atom is -0.317 e. The molecule has 1 aromatic rings. The molecular formula is C14H19F2N. The first-order valence-electron chi connectivity index (χ1n) is 6.33. The standard InChI is InChI=1S/C14H19F2N/c1-17-12-5-3-2-4-10(8-12)11-6-7-13(15)14(16)9-11/h6-7,9-10,12,17H,2-5,8H2,1H3. The van der Waals surface area contributed by atoms with Gasteiger partial charge in [0, 0.05) is 6.04 Å². The quantitative estimate of drug-likeness (QED) is 0.777. The number of benzene rings is 1. The van der Waals surface area contributed by atoms with Gasteiger partial charge in [0.25, 0.3) is 0 Å². The number of nitrogens with one attached hydrogen (secondary N) is 1. The summed E-state index contributed by atoms with van der Waals surface area (Å²) in [6, 6.07) is 4.82. The zero-order valence-corrected chi connectivity index (χ0v) is 10.2. The SMILES string of the molecule is CNC1CCCCC(c2ccc(F)c(F)c2)C1. The maximum atomic E-state index is 13.2. The summed E-state index contributed by atoms with van der Waals surface area (Å²) in [4.78, 5) is 0. The molecule has 0 aromatic heterocycles. The van der Waals surface area contributed by atoms with E-state index in [1.54, 1.807) is 6.07 Å². The van der Waals surface area contributed by atoms with Crippen LogP contribution in [0.3, 0.4) is 0 Å². The lowest BCUT2D eigenvalue weighted by Crippen LogP contribution is -2.25. The molecule has 17 heavy (non-hydrogen) atoms. The second kappa shape index (κ2) is 5.58. The molecule has 1 fully saturated rings. The maximum Gasteiger partial charge on any atom is 0.159 e. The minimum absolute atomic E-state index is 0.352. The third kappa shape index (κ3) is 3.03. The predicted octanol–water partition coefficient (Wildman–Crippen LogP) is 3.60. The highest BCUT2D eigenvalue weighted by Crippen LogP contribution is 2.32. The van der Waals surface area contributed by atoms with E-state index in [2.05, 4.69) is 5.32 Å². The largest absolute Gasteiger partial charge is 0.317 e. The molecule has 1 N–H and O–H groups in total. The Hall–Kier alpha value is -0.960. The molecular weight excluding hydrogens is 220 g/mol. The lowest BCUT2D eigenvalue weighted by molar-refractivity contribution is 0.465. The number of hydrogen-bond donors (Lipinski definition) is 1. The highest BCUT2D eigenvalue weighted by molar-refractivity contribution is 5.22. The van der Waals surface area contributed by atoms with Crippen LogP contribution in [0.25, 0.3) is 0 Å².